The number of pyridine rings is 1. The predicted molar refractivity (Wildman–Crippen MR) is 95.6 cm³/mol. The number of anilines is 2. The number of fused-ring (bicyclic) bond motifs is 1. The highest BCUT2D eigenvalue weighted by molar-refractivity contribution is 5.76. The van der Waals surface area contributed by atoms with Gasteiger partial charge in [0.15, 0.2) is 0 Å². The second-order valence-electron chi connectivity index (χ2n) is 6.04. The van der Waals surface area contributed by atoms with E-state index in [9.17, 15) is 8.78 Å². The first-order valence-corrected chi connectivity index (χ1v) is 8.19. The zero-order valence-corrected chi connectivity index (χ0v) is 13.5. The third kappa shape index (κ3) is 3.18. The summed E-state index contributed by atoms with van der Waals surface area (Å²) in [5, 5.41) is 3.26. The average molecular weight is 337 g/mol. The van der Waals surface area contributed by atoms with Crippen molar-refractivity contribution >= 4 is 11.5 Å². The van der Waals surface area contributed by atoms with Crippen LogP contribution in [0.25, 0.3) is 11.1 Å². The maximum atomic E-state index is 14.0. The average Bonchev–Trinajstić information content (AvgIpc) is 2.65. The van der Waals surface area contributed by atoms with Gasteiger partial charge < -0.3 is 10.2 Å². The number of hydrogen-bond donors (Lipinski definition) is 1. The van der Waals surface area contributed by atoms with Crippen LogP contribution < -0.4 is 10.2 Å². The summed E-state index contributed by atoms with van der Waals surface area (Å²) in [6.07, 6.45) is 1.83. The maximum Gasteiger partial charge on any atom is 0.149 e. The molecule has 0 bridgehead atoms. The lowest BCUT2D eigenvalue weighted by molar-refractivity contribution is 0.580. The molecule has 0 aliphatic carbocycles. The molecule has 0 fully saturated rings. The van der Waals surface area contributed by atoms with Crippen molar-refractivity contribution < 1.29 is 8.78 Å². The second kappa shape index (κ2) is 6.51. The summed E-state index contributed by atoms with van der Waals surface area (Å²) < 4.78 is 27.5. The van der Waals surface area contributed by atoms with Gasteiger partial charge in [-0.05, 0) is 29.8 Å². The van der Waals surface area contributed by atoms with E-state index in [1.165, 1.54) is 12.1 Å². The topological polar surface area (TPSA) is 28.2 Å². The van der Waals surface area contributed by atoms with E-state index < -0.39 is 11.6 Å². The lowest BCUT2D eigenvalue weighted by atomic mass is 10.1. The molecule has 0 amide bonds. The minimum Gasteiger partial charge on any atom is -0.367 e. The van der Waals surface area contributed by atoms with Crippen molar-refractivity contribution in [3.8, 4) is 11.1 Å². The Morgan fingerprint density at radius 2 is 1.84 bits per heavy atom. The summed E-state index contributed by atoms with van der Waals surface area (Å²) >= 11 is 0. The van der Waals surface area contributed by atoms with Gasteiger partial charge in [-0.25, -0.2) is 13.8 Å². The van der Waals surface area contributed by atoms with Crippen LogP contribution in [0.5, 0.6) is 0 Å². The van der Waals surface area contributed by atoms with Crippen molar-refractivity contribution in [2.45, 2.75) is 6.54 Å². The van der Waals surface area contributed by atoms with E-state index in [0.717, 1.165) is 28.7 Å². The molecule has 2 aromatic carbocycles. The minimum absolute atomic E-state index is 0.304. The van der Waals surface area contributed by atoms with Crippen molar-refractivity contribution in [2.24, 2.45) is 0 Å². The van der Waals surface area contributed by atoms with Gasteiger partial charge in [-0.3, -0.25) is 0 Å². The van der Waals surface area contributed by atoms with Gasteiger partial charge in [-0.15, -0.1) is 0 Å². The van der Waals surface area contributed by atoms with Crippen molar-refractivity contribution in [3.05, 3.63) is 78.0 Å². The first-order valence-electron chi connectivity index (χ1n) is 8.19. The Balaban J connectivity index is 1.70. The van der Waals surface area contributed by atoms with Crippen LogP contribution in [0, 0.1) is 11.6 Å². The first-order chi connectivity index (χ1) is 12.2. The summed E-state index contributed by atoms with van der Waals surface area (Å²) in [5.74, 6) is -0.0562. The van der Waals surface area contributed by atoms with Gasteiger partial charge in [0.25, 0.3) is 0 Å². The molecule has 1 aliphatic rings. The molecule has 0 spiro atoms. The fourth-order valence-electron chi connectivity index (χ4n) is 3.08. The van der Waals surface area contributed by atoms with Crippen LogP contribution >= 0.6 is 0 Å². The number of nitrogens with zero attached hydrogens (tertiary/aromatic N) is 2. The van der Waals surface area contributed by atoms with Crippen molar-refractivity contribution in [1.29, 1.82) is 0 Å². The summed E-state index contributed by atoms with van der Waals surface area (Å²) in [6, 6.07) is 15.6. The van der Waals surface area contributed by atoms with E-state index in [4.69, 9.17) is 0 Å². The van der Waals surface area contributed by atoms with Crippen LogP contribution in [0.1, 0.15) is 5.56 Å². The number of aromatic nitrogens is 1. The Kier molecular flexibility index (Phi) is 4.06. The molecule has 2 heterocycles. The molecule has 1 N–H and O–H groups in total. The number of benzene rings is 2. The molecule has 3 aromatic rings. The molecule has 0 radical (unpaired) electrons. The van der Waals surface area contributed by atoms with E-state index in [1.807, 2.05) is 47.5 Å². The zero-order valence-electron chi connectivity index (χ0n) is 13.5. The molecule has 3 nitrogen and oxygen atoms in total. The minimum atomic E-state index is -0.428. The SMILES string of the molecule is Fc1ccc(F)c(CN2CCNc3ncc(-c4ccccc4)cc32)c1. The summed E-state index contributed by atoms with van der Waals surface area (Å²) in [6.45, 7) is 1.71. The Bertz CT molecular complexity index is 897. The smallest absolute Gasteiger partial charge is 0.149 e. The second-order valence-corrected chi connectivity index (χ2v) is 6.04. The number of halogens is 2. The van der Waals surface area contributed by atoms with Gasteiger partial charge in [0.05, 0.1) is 5.69 Å². The largest absolute Gasteiger partial charge is 0.367 e. The molecule has 25 heavy (non-hydrogen) atoms. The van der Waals surface area contributed by atoms with Crippen LogP contribution in [-0.4, -0.2) is 18.1 Å². The van der Waals surface area contributed by atoms with Crippen molar-refractivity contribution in [1.82, 2.24) is 4.98 Å². The highest BCUT2D eigenvalue weighted by atomic mass is 19.1. The van der Waals surface area contributed by atoms with E-state index in [1.54, 1.807) is 0 Å². The Labute approximate surface area is 144 Å². The molecule has 5 heteroatoms. The fourth-order valence-corrected chi connectivity index (χ4v) is 3.08. The number of rotatable bonds is 3. The number of nitrogens with one attached hydrogen (secondary N) is 1. The van der Waals surface area contributed by atoms with Crippen LogP contribution in [0.2, 0.25) is 0 Å². The van der Waals surface area contributed by atoms with Crippen LogP contribution in [-0.2, 0) is 6.54 Å². The highest BCUT2D eigenvalue weighted by Gasteiger charge is 2.20. The van der Waals surface area contributed by atoms with Crippen LogP contribution in [0.15, 0.2) is 60.8 Å². The molecule has 1 aliphatic heterocycles. The van der Waals surface area contributed by atoms with Gasteiger partial charge in [0, 0.05) is 37.0 Å². The highest BCUT2D eigenvalue weighted by Crippen LogP contribution is 2.32. The molecule has 0 atom stereocenters. The van der Waals surface area contributed by atoms with E-state index in [2.05, 4.69) is 10.3 Å². The summed E-state index contributed by atoms with van der Waals surface area (Å²) in [4.78, 5) is 6.54. The molecule has 0 saturated heterocycles. The van der Waals surface area contributed by atoms with Crippen molar-refractivity contribution in [2.75, 3.05) is 23.3 Å². The predicted octanol–water partition coefficient (Wildman–Crippen LogP) is 4.46. The maximum absolute atomic E-state index is 14.0. The first kappa shape index (κ1) is 15.6. The monoisotopic (exact) mass is 337 g/mol. The lowest BCUT2D eigenvalue weighted by Crippen LogP contribution is -2.34. The third-order valence-corrected chi connectivity index (χ3v) is 4.36. The Morgan fingerprint density at radius 3 is 2.68 bits per heavy atom. The fraction of sp³-hybridized carbons (Fsp3) is 0.150. The molecule has 0 unspecified atom stereocenters. The number of hydrogen-bond acceptors (Lipinski definition) is 3. The molecular formula is C20H17F2N3. The van der Waals surface area contributed by atoms with E-state index in [-0.39, 0.29) is 0 Å². The molecule has 126 valence electrons. The van der Waals surface area contributed by atoms with Crippen molar-refractivity contribution in [3.63, 3.8) is 0 Å². The third-order valence-electron chi connectivity index (χ3n) is 4.36. The Hall–Kier alpha value is -2.95. The molecule has 1 aromatic heterocycles. The van der Waals surface area contributed by atoms with Gasteiger partial charge in [0.2, 0.25) is 0 Å². The van der Waals surface area contributed by atoms with Gasteiger partial charge in [-0.1, -0.05) is 30.3 Å². The molecular weight excluding hydrogens is 320 g/mol. The summed E-state index contributed by atoms with van der Waals surface area (Å²) in [5.41, 5.74) is 3.31. The Morgan fingerprint density at radius 1 is 1.00 bits per heavy atom. The van der Waals surface area contributed by atoms with E-state index >= 15 is 0 Å². The lowest BCUT2D eigenvalue weighted by Gasteiger charge is -2.31. The normalized spacial score (nSPS) is 13.3. The summed E-state index contributed by atoms with van der Waals surface area (Å²) in [7, 11) is 0. The molecule has 4 rings (SSSR count). The van der Waals surface area contributed by atoms with Gasteiger partial charge in [-0.2, -0.15) is 0 Å². The standard InChI is InChI=1S/C20H17F2N3/c21-17-6-7-18(22)16(10-17)13-25-9-8-23-20-19(25)11-15(12-24-20)14-4-2-1-3-5-14/h1-7,10-12H,8-9,13H2,(H,23,24). The van der Waals surface area contributed by atoms with Gasteiger partial charge in [0.1, 0.15) is 17.5 Å². The van der Waals surface area contributed by atoms with E-state index in [0.29, 0.717) is 25.2 Å². The van der Waals surface area contributed by atoms with Crippen LogP contribution in [0.3, 0.4) is 0 Å². The quantitative estimate of drug-likeness (QED) is 0.765. The van der Waals surface area contributed by atoms with Crippen LogP contribution in [0.4, 0.5) is 20.3 Å². The van der Waals surface area contributed by atoms with Gasteiger partial charge >= 0.3 is 0 Å². The molecule has 0 saturated carbocycles. The zero-order chi connectivity index (χ0) is 17.2.